The number of benzene rings is 1. The van der Waals surface area contributed by atoms with Gasteiger partial charge in [-0.2, -0.15) is 0 Å². The molecule has 0 fully saturated rings. The van der Waals surface area contributed by atoms with Crippen LogP contribution < -0.4 is 5.73 Å². The van der Waals surface area contributed by atoms with Gasteiger partial charge in [0.25, 0.3) is 5.91 Å². The Labute approximate surface area is 155 Å². The molecular formula is C20H28ClN3O. The summed E-state index contributed by atoms with van der Waals surface area (Å²) in [6.07, 6.45) is 2.89. The molecule has 0 aliphatic rings. The average Bonchev–Trinajstić information content (AvgIpc) is 2.81. The monoisotopic (exact) mass is 361 g/mol. The number of rotatable bonds is 8. The van der Waals surface area contributed by atoms with Crippen molar-refractivity contribution >= 4 is 17.5 Å². The summed E-state index contributed by atoms with van der Waals surface area (Å²) in [4.78, 5) is 14.4. The number of nitrogens with zero attached hydrogens (tertiary/aromatic N) is 2. The topological polar surface area (TPSA) is 51.3 Å². The predicted octanol–water partition coefficient (Wildman–Crippen LogP) is 4.12. The van der Waals surface area contributed by atoms with Crippen LogP contribution in [0.1, 0.15) is 41.5 Å². The molecule has 0 saturated heterocycles. The van der Waals surface area contributed by atoms with Gasteiger partial charge in [-0.3, -0.25) is 4.79 Å². The van der Waals surface area contributed by atoms with E-state index in [1.165, 1.54) is 0 Å². The molecule has 0 atom stereocenters. The Morgan fingerprint density at radius 1 is 1.28 bits per heavy atom. The lowest BCUT2D eigenvalue weighted by molar-refractivity contribution is 0.1000. The molecule has 25 heavy (non-hydrogen) atoms. The molecule has 5 heteroatoms. The second-order valence-electron chi connectivity index (χ2n) is 6.68. The van der Waals surface area contributed by atoms with Gasteiger partial charge < -0.3 is 15.2 Å². The number of aromatic nitrogens is 1. The maximum Gasteiger partial charge on any atom is 0.251 e. The zero-order valence-electron chi connectivity index (χ0n) is 15.6. The molecule has 0 aliphatic carbocycles. The number of hydrogen-bond donors (Lipinski definition) is 1. The van der Waals surface area contributed by atoms with Crippen molar-refractivity contribution < 1.29 is 4.79 Å². The van der Waals surface area contributed by atoms with Crippen LogP contribution in [-0.2, 0) is 13.0 Å². The Kier molecular flexibility index (Phi) is 6.68. The number of halogens is 1. The fourth-order valence-corrected chi connectivity index (χ4v) is 3.63. The molecule has 0 spiro atoms. The number of hydrogen-bond acceptors (Lipinski definition) is 2. The summed E-state index contributed by atoms with van der Waals surface area (Å²) in [5, 5.41) is 0.646. The molecular weight excluding hydrogens is 334 g/mol. The Morgan fingerprint density at radius 2 is 1.96 bits per heavy atom. The zero-order valence-corrected chi connectivity index (χ0v) is 16.4. The van der Waals surface area contributed by atoms with E-state index in [1.54, 1.807) is 0 Å². The first-order chi connectivity index (χ1) is 11.9. The van der Waals surface area contributed by atoms with Gasteiger partial charge in [-0.1, -0.05) is 43.1 Å². The van der Waals surface area contributed by atoms with Crippen molar-refractivity contribution in [1.82, 2.24) is 9.47 Å². The summed E-state index contributed by atoms with van der Waals surface area (Å²) in [6, 6.07) is 7.67. The minimum atomic E-state index is -0.392. The quantitative estimate of drug-likeness (QED) is 0.768. The first-order valence-corrected chi connectivity index (χ1v) is 9.17. The molecule has 2 rings (SSSR count). The molecule has 136 valence electrons. The largest absolute Gasteiger partial charge is 0.366 e. The van der Waals surface area contributed by atoms with Crippen molar-refractivity contribution in [3.05, 3.63) is 46.2 Å². The predicted molar refractivity (Wildman–Crippen MR) is 105 cm³/mol. The van der Waals surface area contributed by atoms with E-state index in [0.717, 1.165) is 54.9 Å². The third-order valence-electron chi connectivity index (χ3n) is 4.49. The van der Waals surface area contributed by atoms with Gasteiger partial charge in [0.1, 0.15) is 0 Å². The van der Waals surface area contributed by atoms with Gasteiger partial charge in [0.05, 0.1) is 5.56 Å². The Hall–Kier alpha value is -1.78. The Balaban J connectivity index is 2.63. The summed E-state index contributed by atoms with van der Waals surface area (Å²) in [7, 11) is 4.14. The maximum absolute atomic E-state index is 12.2. The smallest absolute Gasteiger partial charge is 0.251 e. The van der Waals surface area contributed by atoms with Crippen LogP contribution in [0.25, 0.3) is 11.1 Å². The van der Waals surface area contributed by atoms with E-state index in [1.807, 2.05) is 31.2 Å². The van der Waals surface area contributed by atoms with E-state index in [9.17, 15) is 4.79 Å². The number of carbonyl (C=O) groups excluding carboxylic acids is 1. The highest BCUT2D eigenvalue weighted by atomic mass is 35.5. The highest BCUT2D eigenvalue weighted by Crippen LogP contribution is 2.37. The molecule has 0 saturated carbocycles. The fraction of sp³-hybridized carbons (Fsp3) is 0.450. The van der Waals surface area contributed by atoms with Crippen LogP contribution in [0.5, 0.6) is 0 Å². The summed E-state index contributed by atoms with van der Waals surface area (Å²) in [5.74, 6) is -0.392. The van der Waals surface area contributed by atoms with Gasteiger partial charge in [0.15, 0.2) is 0 Å². The first-order valence-electron chi connectivity index (χ1n) is 8.79. The fourth-order valence-electron chi connectivity index (χ4n) is 3.40. The van der Waals surface area contributed by atoms with Crippen molar-refractivity contribution in [2.24, 2.45) is 5.73 Å². The van der Waals surface area contributed by atoms with E-state index in [-0.39, 0.29) is 0 Å². The average molecular weight is 362 g/mol. The van der Waals surface area contributed by atoms with E-state index >= 15 is 0 Å². The molecule has 4 nitrogen and oxygen atoms in total. The lowest BCUT2D eigenvalue weighted by atomic mass is 9.98. The van der Waals surface area contributed by atoms with E-state index in [4.69, 9.17) is 17.3 Å². The second-order valence-corrected chi connectivity index (χ2v) is 7.09. The van der Waals surface area contributed by atoms with Crippen molar-refractivity contribution in [2.45, 2.75) is 39.7 Å². The van der Waals surface area contributed by atoms with E-state index < -0.39 is 5.91 Å². The standard InChI is InChI=1S/C20H28ClN3O/c1-5-9-17-19(15-10-6-7-11-16(15)21)18(20(22)25)14(2)24(17)13-8-12-23(3)4/h6-7,10-11H,5,8-9,12-13H2,1-4H3,(H2,22,25). The summed E-state index contributed by atoms with van der Waals surface area (Å²) < 4.78 is 2.26. The zero-order chi connectivity index (χ0) is 18.6. The van der Waals surface area contributed by atoms with E-state index in [0.29, 0.717) is 10.6 Å². The molecule has 2 aromatic rings. The van der Waals surface area contributed by atoms with Gasteiger partial charge in [-0.05, 0) is 46.5 Å². The number of amides is 1. The maximum atomic E-state index is 12.2. The van der Waals surface area contributed by atoms with Gasteiger partial charge in [-0.15, -0.1) is 0 Å². The van der Waals surface area contributed by atoms with Crippen molar-refractivity contribution in [3.63, 3.8) is 0 Å². The van der Waals surface area contributed by atoms with E-state index in [2.05, 4.69) is 30.5 Å². The van der Waals surface area contributed by atoms with Crippen LogP contribution in [0.15, 0.2) is 24.3 Å². The molecule has 0 aliphatic heterocycles. The Morgan fingerprint density at radius 3 is 2.52 bits per heavy atom. The van der Waals surface area contributed by atoms with Crippen LogP contribution in [0.3, 0.4) is 0 Å². The highest BCUT2D eigenvalue weighted by Gasteiger charge is 2.25. The summed E-state index contributed by atoms with van der Waals surface area (Å²) in [5.41, 5.74) is 10.2. The van der Waals surface area contributed by atoms with Gasteiger partial charge in [0.2, 0.25) is 0 Å². The van der Waals surface area contributed by atoms with Crippen molar-refractivity contribution in [3.8, 4) is 11.1 Å². The lowest BCUT2D eigenvalue weighted by Crippen LogP contribution is -2.17. The third kappa shape index (κ3) is 4.25. The summed E-state index contributed by atoms with van der Waals surface area (Å²) in [6.45, 7) is 5.99. The summed E-state index contributed by atoms with van der Waals surface area (Å²) >= 11 is 6.45. The molecule has 1 amide bonds. The van der Waals surface area contributed by atoms with Crippen LogP contribution in [-0.4, -0.2) is 36.0 Å². The van der Waals surface area contributed by atoms with Crippen LogP contribution in [0.4, 0.5) is 0 Å². The van der Waals surface area contributed by atoms with Crippen LogP contribution in [0, 0.1) is 6.92 Å². The molecule has 1 aromatic carbocycles. The number of carbonyl (C=O) groups is 1. The molecule has 2 N–H and O–H groups in total. The molecule has 0 bridgehead atoms. The van der Waals surface area contributed by atoms with Crippen LogP contribution >= 0.6 is 11.6 Å². The van der Waals surface area contributed by atoms with Crippen molar-refractivity contribution in [2.75, 3.05) is 20.6 Å². The number of nitrogens with two attached hydrogens (primary N) is 1. The van der Waals surface area contributed by atoms with Crippen LogP contribution in [0.2, 0.25) is 5.02 Å². The third-order valence-corrected chi connectivity index (χ3v) is 4.82. The Bertz CT molecular complexity index is 750. The SMILES string of the molecule is CCCc1c(-c2ccccc2Cl)c(C(N)=O)c(C)n1CCCN(C)C. The second kappa shape index (κ2) is 8.54. The lowest BCUT2D eigenvalue weighted by Gasteiger charge is -2.15. The van der Waals surface area contributed by atoms with Crippen molar-refractivity contribution in [1.29, 1.82) is 0 Å². The van der Waals surface area contributed by atoms with Gasteiger partial charge >= 0.3 is 0 Å². The molecule has 1 heterocycles. The van der Waals surface area contributed by atoms with Gasteiger partial charge in [-0.25, -0.2) is 0 Å². The number of primary amides is 1. The minimum Gasteiger partial charge on any atom is -0.366 e. The first kappa shape index (κ1) is 19.5. The van der Waals surface area contributed by atoms with Gasteiger partial charge in [0, 0.05) is 34.1 Å². The minimum absolute atomic E-state index is 0.392. The molecule has 0 radical (unpaired) electrons. The highest BCUT2D eigenvalue weighted by molar-refractivity contribution is 6.33. The molecule has 0 unspecified atom stereocenters. The molecule has 1 aromatic heterocycles. The normalized spacial score (nSPS) is 11.3.